The lowest BCUT2D eigenvalue weighted by atomic mass is 10.2. The molecule has 0 spiro atoms. The van der Waals surface area contributed by atoms with E-state index in [1.54, 1.807) is 18.1 Å². The molecular weight excluding hydrogens is 330 g/mol. The van der Waals surface area contributed by atoms with Crippen molar-refractivity contribution < 1.29 is 9.05 Å². The van der Waals surface area contributed by atoms with Gasteiger partial charge in [0.2, 0.25) is 0 Å². The number of hydrogen-bond acceptors (Lipinski definition) is 2. The predicted octanol–water partition coefficient (Wildman–Crippen LogP) is 4.58. The molecule has 2 nitrogen and oxygen atoms in total. The fourth-order valence-corrected chi connectivity index (χ4v) is 11.3. The zero-order chi connectivity index (χ0) is 15.8. The van der Waals surface area contributed by atoms with E-state index in [1.807, 2.05) is 0 Å². The lowest BCUT2D eigenvalue weighted by molar-refractivity contribution is 0.354. The zero-order valence-corrected chi connectivity index (χ0v) is 19.7. The van der Waals surface area contributed by atoms with Crippen molar-refractivity contribution in [3.8, 4) is 0 Å². The largest absolute Gasteiger partial charge is 0.366 e. The summed E-state index contributed by atoms with van der Waals surface area (Å²) in [6.07, 6.45) is 10.9. The second kappa shape index (κ2) is 16.1. The average molecular weight is 369 g/mol. The van der Waals surface area contributed by atoms with Gasteiger partial charge in [-0.3, -0.25) is 0 Å². The molecule has 6 heteroatoms. The molecule has 0 radical (unpaired) electrons. The van der Waals surface area contributed by atoms with Crippen LogP contribution in [-0.2, 0) is 9.05 Å². The summed E-state index contributed by atoms with van der Waals surface area (Å²) >= 11 is 0. The normalized spacial score (nSPS) is 12.1. The van der Waals surface area contributed by atoms with Gasteiger partial charge in [0.25, 0.3) is 0 Å². The summed E-state index contributed by atoms with van der Waals surface area (Å²) in [4.78, 5) is 0. The first-order valence-corrected chi connectivity index (χ1v) is 14.3. The average Bonchev–Trinajstić information content (AvgIpc) is 2.47. The molecule has 0 aliphatic carbocycles. The van der Waals surface area contributed by atoms with Crippen LogP contribution in [0.15, 0.2) is 0 Å². The minimum atomic E-state index is -0.922. The van der Waals surface area contributed by atoms with E-state index in [0.717, 1.165) is 13.2 Å². The van der Waals surface area contributed by atoms with E-state index in [4.69, 9.17) is 9.05 Å². The fraction of sp³-hybridized carbons (Fsp3) is 1.00. The molecule has 0 fully saturated rings. The van der Waals surface area contributed by atoms with Crippen molar-refractivity contribution in [2.45, 2.75) is 82.1 Å². The van der Waals surface area contributed by atoms with E-state index in [2.05, 4.69) is 25.5 Å². The third kappa shape index (κ3) is 14.5. The Balaban J connectivity index is 3.73. The standard InChI is InChI=1S/C15H38O2P2Si2/c1-21(15-12-20,13-8-4-2-6-10-16-18)14-9-5-3-7-11-17-19/h2-15,18-19H2,1,20H3. The van der Waals surface area contributed by atoms with Crippen LogP contribution in [0, 0.1) is 0 Å². The number of rotatable bonds is 16. The maximum absolute atomic E-state index is 5.04. The summed E-state index contributed by atoms with van der Waals surface area (Å²) in [5, 5.41) is 0. The second-order valence-corrected chi connectivity index (χ2v) is 13.4. The summed E-state index contributed by atoms with van der Waals surface area (Å²) in [6, 6.07) is 6.23. The third-order valence-corrected chi connectivity index (χ3v) is 11.2. The molecule has 0 saturated heterocycles. The molecule has 0 N–H and O–H groups in total. The molecule has 0 aromatic carbocycles. The molecule has 0 aromatic heterocycles. The van der Waals surface area contributed by atoms with E-state index < -0.39 is 8.07 Å². The summed E-state index contributed by atoms with van der Waals surface area (Å²) < 4.78 is 10.1. The van der Waals surface area contributed by atoms with Crippen LogP contribution in [0.25, 0.3) is 0 Å². The van der Waals surface area contributed by atoms with Crippen molar-refractivity contribution in [3.05, 3.63) is 0 Å². The van der Waals surface area contributed by atoms with E-state index in [9.17, 15) is 0 Å². The molecule has 0 rings (SSSR count). The van der Waals surface area contributed by atoms with Crippen molar-refractivity contribution in [2.75, 3.05) is 13.2 Å². The molecule has 0 aliphatic rings. The van der Waals surface area contributed by atoms with E-state index in [0.29, 0.717) is 0 Å². The lowest BCUT2D eigenvalue weighted by Gasteiger charge is -2.27. The Morgan fingerprint density at radius 3 is 1.52 bits per heavy atom. The molecule has 0 amide bonds. The highest BCUT2D eigenvalue weighted by molar-refractivity contribution is 7.10. The van der Waals surface area contributed by atoms with Gasteiger partial charge in [-0.2, -0.15) is 0 Å². The van der Waals surface area contributed by atoms with Gasteiger partial charge in [0, 0.05) is 29.2 Å². The first-order chi connectivity index (χ1) is 10.2. The van der Waals surface area contributed by atoms with Crippen LogP contribution in [0.3, 0.4) is 0 Å². The van der Waals surface area contributed by atoms with Crippen LogP contribution >= 0.6 is 18.9 Å². The fourth-order valence-electron chi connectivity index (χ4n) is 3.16. The summed E-state index contributed by atoms with van der Waals surface area (Å²) in [6.45, 7) is 4.47. The lowest BCUT2D eigenvalue weighted by Crippen LogP contribution is -2.29. The molecule has 0 saturated carbocycles. The van der Waals surface area contributed by atoms with Gasteiger partial charge in [0.15, 0.2) is 0 Å². The third-order valence-electron chi connectivity index (χ3n) is 4.44. The first-order valence-electron chi connectivity index (χ1n) is 8.82. The monoisotopic (exact) mass is 368 g/mol. The highest BCUT2D eigenvalue weighted by atomic mass is 31.0. The van der Waals surface area contributed by atoms with Crippen LogP contribution in [0.2, 0.25) is 30.7 Å². The Labute approximate surface area is 141 Å². The highest BCUT2D eigenvalue weighted by Crippen LogP contribution is 2.28. The summed E-state index contributed by atoms with van der Waals surface area (Å²) in [5.41, 5.74) is 0. The second-order valence-electron chi connectivity index (χ2n) is 6.63. The molecule has 2 atom stereocenters. The van der Waals surface area contributed by atoms with Crippen LogP contribution < -0.4 is 0 Å². The molecule has 0 bridgehead atoms. The quantitative estimate of drug-likeness (QED) is 0.225. The summed E-state index contributed by atoms with van der Waals surface area (Å²) in [7, 11) is 5.16. The minimum absolute atomic E-state index is 0.903. The van der Waals surface area contributed by atoms with E-state index >= 15 is 0 Å². The van der Waals surface area contributed by atoms with Crippen LogP contribution in [-0.4, -0.2) is 31.5 Å². The van der Waals surface area contributed by atoms with Gasteiger partial charge < -0.3 is 9.05 Å². The molecule has 21 heavy (non-hydrogen) atoms. The van der Waals surface area contributed by atoms with Gasteiger partial charge in [-0.05, 0) is 12.8 Å². The molecule has 0 aromatic rings. The Hall–Kier alpha value is 1.21. The molecule has 0 aliphatic heterocycles. The Bertz CT molecular complexity index is 206. The van der Waals surface area contributed by atoms with Crippen LogP contribution in [0.5, 0.6) is 0 Å². The molecule has 2 unspecified atom stereocenters. The van der Waals surface area contributed by atoms with E-state index in [1.165, 1.54) is 67.7 Å². The van der Waals surface area contributed by atoms with Crippen molar-refractivity contribution in [3.63, 3.8) is 0 Å². The Kier molecular flexibility index (Phi) is 17.0. The van der Waals surface area contributed by atoms with Crippen molar-refractivity contribution in [2.24, 2.45) is 0 Å². The van der Waals surface area contributed by atoms with Gasteiger partial charge in [-0.15, -0.1) is 0 Å². The van der Waals surface area contributed by atoms with Gasteiger partial charge >= 0.3 is 0 Å². The maximum atomic E-state index is 5.04. The Morgan fingerprint density at radius 1 is 0.714 bits per heavy atom. The highest BCUT2D eigenvalue weighted by Gasteiger charge is 2.24. The van der Waals surface area contributed by atoms with Gasteiger partial charge in [0.05, 0.1) is 21.3 Å². The molecular formula is C15H38O2P2Si2. The minimum Gasteiger partial charge on any atom is -0.366 e. The number of unbranched alkanes of at least 4 members (excludes halogenated alkanes) is 6. The van der Waals surface area contributed by atoms with Gasteiger partial charge in [-0.25, -0.2) is 0 Å². The van der Waals surface area contributed by atoms with Gasteiger partial charge in [0.1, 0.15) is 0 Å². The first kappa shape index (κ1) is 22.2. The molecule has 128 valence electrons. The molecule has 0 heterocycles. The topological polar surface area (TPSA) is 18.5 Å². The predicted molar refractivity (Wildman–Crippen MR) is 109 cm³/mol. The zero-order valence-electron chi connectivity index (χ0n) is 14.4. The van der Waals surface area contributed by atoms with Crippen LogP contribution in [0.4, 0.5) is 0 Å². The van der Waals surface area contributed by atoms with E-state index in [-0.39, 0.29) is 0 Å². The Morgan fingerprint density at radius 2 is 1.14 bits per heavy atom. The SMILES string of the molecule is C[Si](CC[SiH3])(CCCCCCOP)CCCCCCOP. The summed E-state index contributed by atoms with van der Waals surface area (Å²) in [5.74, 6) is 0. The smallest absolute Gasteiger partial charge is 0.0501 e. The number of hydrogen-bond donors (Lipinski definition) is 0. The van der Waals surface area contributed by atoms with Crippen molar-refractivity contribution >= 4 is 37.2 Å². The van der Waals surface area contributed by atoms with Crippen molar-refractivity contribution in [1.82, 2.24) is 0 Å². The van der Waals surface area contributed by atoms with Crippen LogP contribution in [0.1, 0.15) is 51.4 Å². The van der Waals surface area contributed by atoms with Gasteiger partial charge in [-0.1, -0.05) is 69.2 Å². The van der Waals surface area contributed by atoms with Crippen molar-refractivity contribution in [1.29, 1.82) is 0 Å². The maximum Gasteiger partial charge on any atom is 0.0501 e.